The zero-order valence-electron chi connectivity index (χ0n) is 11.6. The second-order valence-electron chi connectivity index (χ2n) is 5.73. The van der Waals surface area contributed by atoms with E-state index in [1.54, 1.807) is 0 Å². The highest BCUT2D eigenvalue weighted by Crippen LogP contribution is 2.34. The molecule has 2 bridgehead atoms. The van der Waals surface area contributed by atoms with Crippen molar-refractivity contribution in [3.8, 4) is 0 Å². The van der Waals surface area contributed by atoms with Crippen LogP contribution in [0.15, 0.2) is 24.3 Å². The molecule has 1 aromatic carbocycles. The van der Waals surface area contributed by atoms with Gasteiger partial charge in [0.05, 0.1) is 18.2 Å². The van der Waals surface area contributed by atoms with E-state index >= 15 is 0 Å². The van der Waals surface area contributed by atoms with E-state index in [9.17, 15) is 4.79 Å². The average Bonchev–Trinajstić information content (AvgIpc) is 3.01. The standard InChI is InChI=1S/C15H21N3O2/c1-9(16)10-2-4-11(5-3-10)17-15(19)18-13-8-12-6-7-14(13)20-12/h2-5,9,12-14H,6-8,16H2,1H3,(H2,17,18,19). The fourth-order valence-electron chi connectivity index (χ4n) is 3.00. The molecule has 108 valence electrons. The van der Waals surface area contributed by atoms with Gasteiger partial charge < -0.3 is 21.1 Å². The predicted octanol–water partition coefficient (Wildman–Crippen LogP) is 2.15. The minimum atomic E-state index is -0.167. The average molecular weight is 275 g/mol. The van der Waals surface area contributed by atoms with E-state index in [4.69, 9.17) is 10.5 Å². The first kappa shape index (κ1) is 13.4. The molecule has 0 radical (unpaired) electrons. The normalized spacial score (nSPS) is 29.2. The van der Waals surface area contributed by atoms with Gasteiger partial charge >= 0.3 is 6.03 Å². The molecule has 2 fully saturated rings. The number of urea groups is 1. The lowest BCUT2D eigenvalue weighted by molar-refractivity contribution is 0.0984. The van der Waals surface area contributed by atoms with Gasteiger partial charge in [-0.25, -0.2) is 4.79 Å². The Labute approximate surface area is 118 Å². The summed E-state index contributed by atoms with van der Waals surface area (Å²) in [6.07, 6.45) is 3.66. The highest BCUT2D eigenvalue weighted by Gasteiger charge is 2.41. The minimum absolute atomic E-state index is 0.00376. The number of carbonyl (C=O) groups is 1. The monoisotopic (exact) mass is 275 g/mol. The first-order chi connectivity index (χ1) is 9.61. The van der Waals surface area contributed by atoms with Crippen LogP contribution < -0.4 is 16.4 Å². The molecule has 4 N–H and O–H groups in total. The molecule has 2 aliphatic heterocycles. The number of nitrogens with two attached hydrogens (primary N) is 1. The van der Waals surface area contributed by atoms with Crippen molar-refractivity contribution in [2.75, 3.05) is 5.32 Å². The molecule has 2 amide bonds. The van der Waals surface area contributed by atoms with E-state index in [1.807, 2.05) is 31.2 Å². The fourth-order valence-corrected chi connectivity index (χ4v) is 3.00. The van der Waals surface area contributed by atoms with E-state index in [1.165, 1.54) is 0 Å². The second-order valence-corrected chi connectivity index (χ2v) is 5.73. The molecule has 2 aliphatic rings. The maximum absolute atomic E-state index is 12.0. The van der Waals surface area contributed by atoms with Crippen molar-refractivity contribution >= 4 is 11.7 Å². The van der Waals surface area contributed by atoms with Crippen LogP contribution in [0, 0.1) is 0 Å². The Hall–Kier alpha value is -1.59. The van der Waals surface area contributed by atoms with Crippen molar-refractivity contribution in [1.29, 1.82) is 0 Å². The highest BCUT2D eigenvalue weighted by molar-refractivity contribution is 5.89. The van der Waals surface area contributed by atoms with E-state index in [0.29, 0.717) is 6.10 Å². The number of hydrogen-bond donors (Lipinski definition) is 3. The van der Waals surface area contributed by atoms with Gasteiger partial charge in [0.2, 0.25) is 0 Å². The number of carbonyl (C=O) groups excluding carboxylic acids is 1. The van der Waals surface area contributed by atoms with Gasteiger partial charge in [0.25, 0.3) is 0 Å². The Morgan fingerprint density at radius 3 is 2.65 bits per heavy atom. The van der Waals surface area contributed by atoms with Crippen LogP contribution in [0.3, 0.4) is 0 Å². The van der Waals surface area contributed by atoms with Crippen molar-refractivity contribution in [2.45, 2.75) is 50.5 Å². The molecule has 0 spiro atoms. The van der Waals surface area contributed by atoms with E-state index < -0.39 is 0 Å². The summed E-state index contributed by atoms with van der Waals surface area (Å²) in [5, 5.41) is 5.84. The molecule has 2 heterocycles. The van der Waals surface area contributed by atoms with Crippen molar-refractivity contribution in [3.05, 3.63) is 29.8 Å². The maximum atomic E-state index is 12.0. The summed E-state index contributed by atoms with van der Waals surface area (Å²) >= 11 is 0. The Morgan fingerprint density at radius 1 is 1.35 bits per heavy atom. The number of rotatable bonds is 3. The van der Waals surface area contributed by atoms with Gasteiger partial charge in [-0.3, -0.25) is 0 Å². The molecule has 2 saturated heterocycles. The minimum Gasteiger partial charge on any atom is -0.373 e. The SMILES string of the molecule is CC(N)c1ccc(NC(=O)NC2CC3CCC2O3)cc1. The lowest BCUT2D eigenvalue weighted by Crippen LogP contribution is -2.43. The third-order valence-corrected chi connectivity index (χ3v) is 4.12. The second kappa shape index (κ2) is 5.42. The Bertz CT molecular complexity index is 486. The molecule has 0 saturated carbocycles. The van der Waals surface area contributed by atoms with Gasteiger partial charge in [0, 0.05) is 11.7 Å². The summed E-state index contributed by atoms with van der Waals surface area (Å²) in [6.45, 7) is 1.93. The summed E-state index contributed by atoms with van der Waals surface area (Å²) in [5.74, 6) is 0. The fraction of sp³-hybridized carbons (Fsp3) is 0.533. The maximum Gasteiger partial charge on any atom is 0.319 e. The first-order valence-electron chi connectivity index (χ1n) is 7.20. The summed E-state index contributed by atoms with van der Waals surface area (Å²) in [5.41, 5.74) is 7.62. The van der Waals surface area contributed by atoms with Crippen LogP contribution in [0.4, 0.5) is 10.5 Å². The van der Waals surface area contributed by atoms with Crippen LogP contribution in [0.5, 0.6) is 0 Å². The molecule has 1 aromatic rings. The van der Waals surface area contributed by atoms with Crippen LogP contribution in [-0.4, -0.2) is 24.3 Å². The molecular weight excluding hydrogens is 254 g/mol. The lowest BCUT2D eigenvalue weighted by Gasteiger charge is -2.20. The third kappa shape index (κ3) is 2.78. The topological polar surface area (TPSA) is 76.4 Å². The van der Waals surface area contributed by atoms with Crippen LogP contribution in [0.25, 0.3) is 0 Å². The number of hydrogen-bond acceptors (Lipinski definition) is 3. The number of anilines is 1. The molecule has 5 nitrogen and oxygen atoms in total. The molecule has 5 heteroatoms. The number of amides is 2. The summed E-state index contributed by atoms with van der Waals surface area (Å²) in [6, 6.07) is 7.59. The van der Waals surface area contributed by atoms with Crippen molar-refractivity contribution < 1.29 is 9.53 Å². The van der Waals surface area contributed by atoms with E-state index in [0.717, 1.165) is 30.5 Å². The van der Waals surface area contributed by atoms with Gasteiger partial charge in [-0.2, -0.15) is 0 Å². The number of fused-ring (bicyclic) bond motifs is 2. The Morgan fingerprint density at radius 2 is 2.10 bits per heavy atom. The summed E-state index contributed by atoms with van der Waals surface area (Å²) < 4.78 is 5.72. The molecule has 3 rings (SSSR count). The molecule has 0 aromatic heterocycles. The first-order valence-corrected chi connectivity index (χ1v) is 7.20. The molecule has 4 unspecified atom stereocenters. The molecular formula is C15H21N3O2. The number of ether oxygens (including phenoxy) is 1. The lowest BCUT2D eigenvalue weighted by atomic mass is 9.96. The largest absolute Gasteiger partial charge is 0.373 e. The van der Waals surface area contributed by atoms with Crippen LogP contribution in [0.2, 0.25) is 0 Å². The predicted molar refractivity (Wildman–Crippen MR) is 77.5 cm³/mol. The van der Waals surface area contributed by atoms with Crippen LogP contribution in [0.1, 0.15) is 37.8 Å². The summed E-state index contributed by atoms with van der Waals surface area (Å²) in [7, 11) is 0. The quantitative estimate of drug-likeness (QED) is 0.791. The van der Waals surface area contributed by atoms with E-state index in [-0.39, 0.29) is 24.2 Å². The van der Waals surface area contributed by atoms with Gasteiger partial charge in [-0.1, -0.05) is 12.1 Å². The number of benzene rings is 1. The van der Waals surface area contributed by atoms with Crippen LogP contribution >= 0.6 is 0 Å². The third-order valence-electron chi connectivity index (χ3n) is 4.12. The van der Waals surface area contributed by atoms with Crippen molar-refractivity contribution in [2.24, 2.45) is 5.73 Å². The molecule has 20 heavy (non-hydrogen) atoms. The smallest absolute Gasteiger partial charge is 0.319 e. The number of nitrogens with one attached hydrogen (secondary N) is 2. The zero-order valence-corrected chi connectivity index (χ0v) is 11.6. The highest BCUT2D eigenvalue weighted by atomic mass is 16.5. The molecule has 0 aliphatic carbocycles. The van der Waals surface area contributed by atoms with Gasteiger partial charge in [-0.05, 0) is 43.9 Å². The van der Waals surface area contributed by atoms with Crippen LogP contribution in [-0.2, 0) is 4.74 Å². The zero-order chi connectivity index (χ0) is 14.1. The Balaban J connectivity index is 1.53. The van der Waals surface area contributed by atoms with Gasteiger partial charge in [0.1, 0.15) is 0 Å². The van der Waals surface area contributed by atoms with Crippen molar-refractivity contribution in [3.63, 3.8) is 0 Å². The van der Waals surface area contributed by atoms with Crippen molar-refractivity contribution in [1.82, 2.24) is 5.32 Å². The molecule has 4 atom stereocenters. The van der Waals surface area contributed by atoms with E-state index in [2.05, 4.69) is 10.6 Å². The Kier molecular flexibility index (Phi) is 3.63. The van der Waals surface area contributed by atoms with Gasteiger partial charge in [-0.15, -0.1) is 0 Å². The van der Waals surface area contributed by atoms with Gasteiger partial charge in [0.15, 0.2) is 0 Å². The summed E-state index contributed by atoms with van der Waals surface area (Å²) in [4.78, 5) is 12.0.